The van der Waals surface area contributed by atoms with Crippen LogP contribution in [-0.2, 0) is 20.7 Å². The molecular formula is C24H29Cl2NO6. The molecule has 3 N–H and O–H groups in total. The molecule has 0 aliphatic carbocycles. The van der Waals surface area contributed by atoms with Gasteiger partial charge in [0.15, 0.2) is 6.10 Å². The number of rotatable bonds is 8. The minimum atomic E-state index is -1.84. The maximum absolute atomic E-state index is 12.3. The summed E-state index contributed by atoms with van der Waals surface area (Å²) in [6.07, 6.45) is -4.12. The number of carbonyl (C=O) groups excluding carboxylic acids is 2. The zero-order chi connectivity index (χ0) is 24.8. The van der Waals surface area contributed by atoms with Crippen LogP contribution in [0.15, 0.2) is 42.5 Å². The van der Waals surface area contributed by atoms with Crippen molar-refractivity contribution in [3.63, 3.8) is 0 Å². The van der Waals surface area contributed by atoms with Gasteiger partial charge in [-0.25, -0.2) is 9.59 Å². The van der Waals surface area contributed by atoms with Crippen molar-refractivity contribution < 1.29 is 29.3 Å². The molecule has 0 spiro atoms. The number of alkyl carbamates (subject to hydrolysis) is 1. The highest BCUT2D eigenvalue weighted by molar-refractivity contribution is 6.35. The number of aliphatic hydroxyl groups is 2. The second kappa shape index (κ2) is 11.7. The van der Waals surface area contributed by atoms with E-state index in [-0.39, 0.29) is 13.0 Å². The highest BCUT2D eigenvalue weighted by atomic mass is 35.5. The predicted octanol–water partition coefficient (Wildman–Crippen LogP) is 4.38. The van der Waals surface area contributed by atoms with Crippen LogP contribution in [0.2, 0.25) is 10.0 Å². The van der Waals surface area contributed by atoms with E-state index < -0.39 is 35.9 Å². The molecule has 0 unspecified atom stereocenters. The third kappa shape index (κ3) is 8.51. The Morgan fingerprint density at radius 3 is 2.09 bits per heavy atom. The average molecular weight is 498 g/mol. The molecule has 0 fully saturated rings. The number of ether oxygens (including phenoxy) is 2. The third-order valence-corrected chi connectivity index (χ3v) is 5.01. The van der Waals surface area contributed by atoms with Crippen molar-refractivity contribution in [3.05, 3.63) is 58.1 Å². The molecule has 9 heteroatoms. The monoisotopic (exact) mass is 497 g/mol. The molecular weight excluding hydrogens is 469 g/mol. The smallest absolute Gasteiger partial charge is 0.407 e. The number of aliphatic hydroxyl groups excluding tert-OH is 2. The second-order valence-corrected chi connectivity index (χ2v) is 9.37. The second-order valence-electron chi connectivity index (χ2n) is 8.50. The number of benzene rings is 2. The SMILES string of the molecule is CCOC(=O)[C@H](O)[C@@H](O)[C@H](Cc1ccc(-c2cc(Cl)cc(Cl)c2)cc1)NC(=O)OC(C)(C)C. The van der Waals surface area contributed by atoms with Crippen LogP contribution in [0.5, 0.6) is 0 Å². The van der Waals surface area contributed by atoms with Gasteiger partial charge in [0.05, 0.1) is 12.6 Å². The third-order valence-electron chi connectivity index (χ3n) is 4.57. The predicted molar refractivity (Wildman–Crippen MR) is 127 cm³/mol. The fraction of sp³-hybridized carbons (Fsp3) is 0.417. The van der Waals surface area contributed by atoms with E-state index in [0.29, 0.717) is 10.0 Å². The lowest BCUT2D eigenvalue weighted by Gasteiger charge is -2.28. The fourth-order valence-corrected chi connectivity index (χ4v) is 3.64. The summed E-state index contributed by atoms with van der Waals surface area (Å²) >= 11 is 12.2. The Morgan fingerprint density at radius 2 is 1.58 bits per heavy atom. The van der Waals surface area contributed by atoms with Crippen molar-refractivity contribution >= 4 is 35.3 Å². The lowest BCUT2D eigenvalue weighted by Crippen LogP contribution is -2.53. The molecule has 2 aromatic carbocycles. The van der Waals surface area contributed by atoms with Gasteiger partial charge in [-0.1, -0.05) is 47.5 Å². The van der Waals surface area contributed by atoms with Crippen molar-refractivity contribution in [2.45, 2.75) is 58.0 Å². The van der Waals surface area contributed by atoms with Gasteiger partial charge in [0.2, 0.25) is 0 Å². The molecule has 0 aliphatic heterocycles. The van der Waals surface area contributed by atoms with Crippen molar-refractivity contribution in [2.75, 3.05) is 6.61 Å². The summed E-state index contributed by atoms with van der Waals surface area (Å²) in [6, 6.07) is 11.5. The Kier molecular flexibility index (Phi) is 9.55. The first-order valence-electron chi connectivity index (χ1n) is 10.5. The summed E-state index contributed by atoms with van der Waals surface area (Å²) < 4.78 is 10.0. The topological polar surface area (TPSA) is 105 Å². The highest BCUT2D eigenvalue weighted by Crippen LogP contribution is 2.27. The summed E-state index contributed by atoms with van der Waals surface area (Å²) in [5.41, 5.74) is 1.68. The van der Waals surface area contributed by atoms with Crippen LogP contribution in [0.25, 0.3) is 11.1 Å². The van der Waals surface area contributed by atoms with E-state index in [2.05, 4.69) is 5.32 Å². The van der Waals surface area contributed by atoms with E-state index in [1.807, 2.05) is 12.1 Å². The van der Waals surface area contributed by atoms with Crippen LogP contribution < -0.4 is 5.32 Å². The number of hydrogen-bond acceptors (Lipinski definition) is 6. The fourth-order valence-electron chi connectivity index (χ4n) is 3.11. The number of esters is 1. The van der Waals surface area contributed by atoms with E-state index in [4.69, 9.17) is 32.7 Å². The quantitative estimate of drug-likeness (QED) is 0.467. The molecule has 0 aliphatic rings. The molecule has 1 amide bonds. The first-order chi connectivity index (χ1) is 15.4. The molecule has 3 atom stereocenters. The molecule has 7 nitrogen and oxygen atoms in total. The first-order valence-corrected chi connectivity index (χ1v) is 11.2. The van der Waals surface area contributed by atoms with Gasteiger partial charge in [-0.3, -0.25) is 0 Å². The Labute approximate surface area is 203 Å². The molecule has 0 radical (unpaired) electrons. The van der Waals surface area contributed by atoms with Gasteiger partial charge in [0, 0.05) is 10.0 Å². The molecule has 0 heterocycles. The number of hydrogen-bond donors (Lipinski definition) is 3. The van der Waals surface area contributed by atoms with Gasteiger partial charge in [-0.05, 0) is 69.0 Å². The van der Waals surface area contributed by atoms with Gasteiger partial charge >= 0.3 is 12.1 Å². The Bertz CT molecular complexity index is 938. The van der Waals surface area contributed by atoms with Gasteiger partial charge in [0.1, 0.15) is 11.7 Å². The van der Waals surface area contributed by atoms with Crippen LogP contribution in [0.1, 0.15) is 33.3 Å². The Morgan fingerprint density at radius 1 is 1.00 bits per heavy atom. The van der Waals surface area contributed by atoms with Crippen LogP contribution in [-0.4, -0.2) is 52.7 Å². The summed E-state index contributed by atoms with van der Waals surface area (Å²) in [4.78, 5) is 24.2. The van der Waals surface area contributed by atoms with Crippen molar-refractivity contribution in [2.24, 2.45) is 0 Å². The van der Waals surface area contributed by atoms with Crippen molar-refractivity contribution in [1.82, 2.24) is 5.32 Å². The normalized spacial score (nSPS) is 14.2. The van der Waals surface area contributed by atoms with Crippen LogP contribution >= 0.6 is 23.2 Å². The lowest BCUT2D eigenvalue weighted by atomic mass is 9.96. The van der Waals surface area contributed by atoms with Crippen LogP contribution in [0, 0.1) is 0 Å². The van der Waals surface area contributed by atoms with E-state index in [0.717, 1.165) is 16.7 Å². The van der Waals surface area contributed by atoms with Crippen molar-refractivity contribution in [3.8, 4) is 11.1 Å². The van der Waals surface area contributed by atoms with Gasteiger partial charge in [-0.15, -0.1) is 0 Å². The van der Waals surface area contributed by atoms with Crippen molar-refractivity contribution in [1.29, 1.82) is 0 Å². The number of carbonyl (C=O) groups is 2. The Hall–Kier alpha value is -2.32. The maximum Gasteiger partial charge on any atom is 0.407 e. The van der Waals surface area contributed by atoms with Crippen LogP contribution in [0.3, 0.4) is 0 Å². The first kappa shape index (κ1) is 26.9. The van der Waals surface area contributed by atoms with Gasteiger partial charge in [0.25, 0.3) is 0 Å². The van der Waals surface area contributed by atoms with Gasteiger partial charge in [-0.2, -0.15) is 0 Å². The summed E-state index contributed by atoms with van der Waals surface area (Å²) in [6.45, 7) is 6.73. The number of halogens is 2. The number of amides is 1. The molecule has 2 rings (SSSR count). The van der Waals surface area contributed by atoms with E-state index >= 15 is 0 Å². The minimum Gasteiger partial charge on any atom is -0.464 e. The van der Waals surface area contributed by atoms with E-state index in [9.17, 15) is 19.8 Å². The minimum absolute atomic E-state index is 0.0434. The molecule has 0 bridgehead atoms. The lowest BCUT2D eigenvalue weighted by molar-refractivity contribution is -0.160. The summed E-state index contributed by atoms with van der Waals surface area (Å²) in [5.74, 6) is -0.978. The average Bonchev–Trinajstić information content (AvgIpc) is 2.70. The summed E-state index contributed by atoms with van der Waals surface area (Å²) in [7, 11) is 0. The molecule has 180 valence electrons. The zero-order valence-corrected chi connectivity index (χ0v) is 20.5. The molecule has 0 aromatic heterocycles. The Balaban J connectivity index is 2.23. The van der Waals surface area contributed by atoms with E-state index in [1.165, 1.54) is 0 Å². The number of nitrogens with one attached hydrogen (secondary N) is 1. The largest absolute Gasteiger partial charge is 0.464 e. The molecule has 2 aromatic rings. The summed E-state index contributed by atoms with van der Waals surface area (Å²) in [5, 5.41) is 24.4. The zero-order valence-electron chi connectivity index (χ0n) is 19.0. The van der Waals surface area contributed by atoms with Gasteiger partial charge < -0.3 is 25.0 Å². The molecule has 33 heavy (non-hydrogen) atoms. The molecule has 0 saturated heterocycles. The highest BCUT2D eigenvalue weighted by Gasteiger charge is 2.34. The maximum atomic E-state index is 12.3. The van der Waals surface area contributed by atoms with E-state index in [1.54, 1.807) is 58.0 Å². The molecule has 0 saturated carbocycles. The standard InChI is InChI=1S/C24H29Cl2NO6/c1-5-32-22(30)21(29)20(28)19(27-23(31)33-24(2,3)4)10-14-6-8-15(9-7-14)16-11-17(25)13-18(26)12-16/h6-9,11-13,19-21,28-29H,5,10H2,1-4H3,(H,27,31)/t19-,20-,21+/m0/s1. The van der Waals surface area contributed by atoms with Crippen LogP contribution in [0.4, 0.5) is 4.79 Å².